The Morgan fingerprint density at radius 2 is 2.00 bits per heavy atom. The molecule has 1 atom stereocenters. The topological polar surface area (TPSA) is 61.4 Å². The maximum atomic E-state index is 13.4. The van der Waals surface area contributed by atoms with Crippen molar-refractivity contribution in [3.8, 4) is 0 Å². The Morgan fingerprint density at radius 1 is 1.19 bits per heavy atom. The van der Waals surface area contributed by atoms with Crippen molar-refractivity contribution in [2.45, 2.75) is 18.9 Å². The smallest absolute Gasteiger partial charge is 0.261 e. The lowest BCUT2D eigenvalue weighted by Gasteiger charge is -2.25. The van der Waals surface area contributed by atoms with Crippen LogP contribution in [0.4, 0.5) is 4.39 Å². The van der Waals surface area contributed by atoms with Crippen molar-refractivity contribution in [3.63, 3.8) is 0 Å². The zero-order valence-electron chi connectivity index (χ0n) is 15.0. The number of carbonyl (C=O) groups excluding carboxylic acids is 2. The van der Waals surface area contributed by atoms with Gasteiger partial charge < -0.3 is 15.5 Å². The van der Waals surface area contributed by atoms with Crippen LogP contribution in [-0.4, -0.2) is 43.9 Å². The van der Waals surface area contributed by atoms with E-state index in [1.165, 1.54) is 23.5 Å². The van der Waals surface area contributed by atoms with E-state index < -0.39 is 0 Å². The third kappa shape index (κ3) is 6.24. The molecule has 1 heterocycles. The monoisotopic (exact) mass is 377 g/mol. The molecule has 1 aromatic carbocycles. The fourth-order valence-corrected chi connectivity index (χ4v) is 3.20. The number of carbonyl (C=O) groups is 2. The molecule has 2 N–H and O–H groups in total. The van der Waals surface area contributed by atoms with Crippen LogP contribution in [0.25, 0.3) is 0 Å². The Balaban J connectivity index is 1.72. The maximum Gasteiger partial charge on any atom is 0.261 e. The van der Waals surface area contributed by atoms with E-state index in [4.69, 9.17) is 0 Å². The summed E-state index contributed by atoms with van der Waals surface area (Å²) < 4.78 is 13.4. The summed E-state index contributed by atoms with van der Waals surface area (Å²) in [6, 6.07) is 9.89. The summed E-state index contributed by atoms with van der Waals surface area (Å²) in [5.74, 6) is -0.486. The lowest BCUT2D eigenvalue weighted by molar-refractivity contribution is -0.121. The standard InChI is InChI=1S/C19H24FN3O2S/c1-23(2)16(14-6-3-7-15(20)12-14)13-22-18(24)9-4-10-21-19(25)17-8-5-11-26-17/h3,5-8,11-12,16H,4,9-10,13H2,1-2H3,(H,21,25)(H,22,24). The van der Waals surface area contributed by atoms with Crippen LogP contribution < -0.4 is 10.6 Å². The number of thiophene rings is 1. The fourth-order valence-electron chi connectivity index (χ4n) is 2.56. The van der Waals surface area contributed by atoms with E-state index in [0.29, 0.717) is 30.8 Å². The van der Waals surface area contributed by atoms with Gasteiger partial charge in [-0.15, -0.1) is 11.3 Å². The van der Waals surface area contributed by atoms with Gasteiger partial charge in [0.05, 0.1) is 10.9 Å². The molecule has 5 nitrogen and oxygen atoms in total. The third-order valence-corrected chi connectivity index (χ3v) is 4.83. The molecule has 140 valence electrons. The molecule has 7 heteroatoms. The summed E-state index contributed by atoms with van der Waals surface area (Å²) in [7, 11) is 3.78. The summed E-state index contributed by atoms with van der Waals surface area (Å²) in [6.07, 6.45) is 0.892. The summed E-state index contributed by atoms with van der Waals surface area (Å²) in [5, 5.41) is 7.53. The molecular weight excluding hydrogens is 353 g/mol. The molecule has 0 bridgehead atoms. The van der Waals surface area contributed by atoms with E-state index in [1.54, 1.807) is 12.1 Å². The summed E-state index contributed by atoms with van der Waals surface area (Å²) >= 11 is 1.39. The van der Waals surface area contributed by atoms with Crippen LogP contribution in [-0.2, 0) is 4.79 Å². The first kappa shape index (κ1) is 20.1. The first-order chi connectivity index (χ1) is 12.5. The van der Waals surface area contributed by atoms with Crippen LogP contribution in [0, 0.1) is 5.82 Å². The first-order valence-electron chi connectivity index (χ1n) is 8.47. The summed E-state index contributed by atoms with van der Waals surface area (Å²) in [4.78, 5) is 26.4. The van der Waals surface area contributed by atoms with Gasteiger partial charge in [0.1, 0.15) is 5.82 Å². The maximum absolute atomic E-state index is 13.4. The van der Waals surface area contributed by atoms with Crippen LogP contribution in [0.5, 0.6) is 0 Å². The molecule has 0 fully saturated rings. The molecule has 0 radical (unpaired) electrons. The molecular formula is C19H24FN3O2S. The van der Waals surface area contributed by atoms with Gasteiger partial charge in [-0.25, -0.2) is 4.39 Å². The Kier molecular flexibility index (Phi) is 7.74. The Morgan fingerprint density at radius 3 is 2.65 bits per heavy atom. The van der Waals surface area contributed by atoms with Crippen molar-refractivity contribution < 1.29 is 14.0 Å². The molecule has 2 rings (SSSR count). The van der Waals surface area contributed by atoms with Gasteiger partial charge >= 0.3 is 0 Å². The van der Waals surface area contributed by atoms with Crippen molar-refractivity contribution in [1.29, 1.82) is 0 Å². The van der Waals surface area contributed by atoms with Crippen molar-refractivity contribution in [3.05, 3.63) is 58.0 Å². The van der Waals surface area contributed by atoms with Gasteiger partial charge in [-0.2, -0.15) is 0 Å². The lowest BCUT2D eigenvalue weighted by atomic mass is 10.1. The van der Waals surface area contributed by atoms with Gasteiger partial charge in [0, 0.05) is 19.5 Å². The van der Waals surface area contributed by atoms with E-state index in [-0.39, 0.29) is 23.7 Å². The van der Waals surface area contributed by atoms with Gasteiger partial charge in [0.2, 0.25) is 5.91 Å². The molecule has 0 aliphatic carbocycles. The molecule has 0 aliphatic heterocycles. The molecule has 2 aromatic rings. The number of hydrogen-bond donors (Lipinski definition) is 2. The second-order valence-corrected chi connectivity index (χ2v) is 7.12. The number of halogens is 1. The summed E-state index contributed by atoms with van der Waals surface area (Å²) in [6.45, 7) is 0.849. The van der Waals surface area contributed by atoms with Gasteiger partial charge in [-0.3, -0.25) is 9.59 Å². The SMILES string of the molecule is CN(C)C(CNC(=O)CCCNC(=O)c1cccs1)c1cccc(F)c1. The van der Waals surface area contributed by atoms with Gasteiger partial charge in [-0.1, -0.05) is 18.2 Å². The highest BCUT2D eigenvalue weighted by atomic mass is 32.1. The Hall–Kier alpha value is -2.25. The molecule has 0 spiro atoms. The van der Waals surface area contributed by atoms with Gasteiger partial charge in [0.25, 0.3) is 5.91 Å². The summed E-state index contributed by atoms with van der Waals surface area (Å²) in [5.41, 5.74) is 0.818. The lowest BCUT2D eigenvalue weighted by Crippen LogP contribution is -2.35. The highest BCUT2D eigenvalue weighted by Gasteiger charge is 2.16. The van der Waals surface area contributed by atoms with E-state index in [0.717, 1.165) is 5.56 Å². The normalized spacial score (nSPS) is 12.0. The minimum absolute atomic E-state index is 0.0846. The van der Waals surface area contributed by atoms with Gasteiger partial charge in [-0.05, 0) is 49.7 Å². The number of amides is 2. The molecule has 26 heavy (non-hydrogen) atoms. The number of nitrogens with one attached hydrogen (secondary N) is 2. The molecule has 1 aromatic heterocycles. The molecule has 0 saturated heterocycles. The zero-order valence-corrected chi connectivity index (χ0v) is 15.8. The zero-order chi connectivity index (χ0) is 18.9. The second-order valence-electron chi connectivity index (χ2n) is 6.18. The number of nitrogens with zero attached hydrogens (tertiary/aromatic N) is 1. The molecule has 0 aliphatic rings. The number of rotatable bonds is 9. The Bertz CT molecular complexity index is 719. The minimum atomic E-state index is -0.290. The van der Waals surface area contributed by atoms with Crippen LogP contribution in [0.1, 0.15) is 34.1 Å². The van der Waals surface area contributed by atoms with Crippen molar-refractivity contribution in [1.82, 2.24) is 15.5 Å². The second kappa shape index (κ2) is 10.0. The van der Waals surface area contributed by atoms with Crippen LogP contribution in [0.2, 0.25) is 0 Å². The predicted octanol–water partition coefficient (Wildman–Crippen LogP) is 2.82. The quantitative estimate of drug-likeness (QED) is 0.661. The molecule has 2 amide bonds. The number of likely N-dealkylation sites (N-methyl/N-ethyl adjacent to an activating group) is 1. The minimum Gasteiger partial charge on any atom is -0.354 e. The van der Waals surface area contributed by atoms with E-state index in [1.807, 2.05) is 36.5 Å². The number of hydrogen-bond acceptors (Lipinski definition) is 4. The largest absolute Gasteiger partial charge is 0.354 e. The predicted molar refractivity (Wildman–Crippen MR) is 102 cm³/mol. The Labute approximate surface area is 157 Å². The molecule has 0 saturated carbocycles. The fraction of sp³-hybridized carbons (Fsp3) is 0.368. The number of benzene rings is 1. The first-order valence-corrected chi connectivity index (χ1v) is 9.35. The van der Waals surface area contributed by atoms with Gasteiger partial charge in [0.15, 0.2) is 0 Å². The highest BCUT2D eigenvalue weighted by molar-refractivity contribution is 7.12. The van der Waals surface area contributed by atoms with Crippen LogP contribution in [0.15, 0.2) is 41.8 Å². The van der Waals surface area contributed by atoms with Crippen molar-refractivity contribution in [2.24, 2.45) is 0 Å². The van der Waals surface area contributed by atoms with Crippen molar-refractivity contribution >= 4 is 23.2 Å². The van der Waals surface area contributed by atoms with E-state index >= 15 is 0 Å². The molecule has 1 unspecified atom stereocenters. The van der Waals surface area contributed by atoms with E-state index in [2.05, 4.69) is 10.6 Å². The highest BCUT2D eigenvalue weighted by Crippen LogP contribution is 2.18. The van der Waals surface area contributed by atoms with Crippen molar-refractivity contribution in [2.75, 3.05) is 27.2 Å². The average Bonchev–Trinajstić information content (AvgIpc) is 3.13. The third-order valence-electron chi connectivity index (χ3n) is 3.96. The van der Waals surface area contributed by atoms with E-state index in [9.17, 15) is 14.0 Å². The van der Waals surface area contributed by atoms with Crippen LogP contribution >= 0.6 is 11.3 Å². The van der Waals surface area contributed by atoms with Crippen LogP contribution in [0.3, 0.4) is 0 Å². The average molecular weight is 377 g/mol.